The largest absolute Gasteiger partial charge is 0.487 e. The molecule has 0 atom stereocenters. The van der Waals surface area contributed by atoms with Crippen molar-refractivity contribution in [3.05, 3.63) is 46.7 Å². The normalized spacial score (nSPS) is 14.8. The Kier molecular flexibility index (Phi) is 4.07. The Morgan fingerprint density at radius 3 is 2.82 bits per heavy atom. The maximum Gasteiger partial charge on any atom is 0.244 e. The molecule has 2 aromatic rings. The van der Waals surface area contributed by atoms with Gasteiger partial charge in [0, 0.05) is 6.20 Å². The van der Waals surface area contributed by atoms with Gasteiger partial charge in [-0.15, -0.1) is 0 Å². The smallest absolute Gasteiger partial charge is 0.244 e. The molecule has 1 fully saturated rings. The van der Waals surface area contributed by atoms with Crippen LogP contribution in [0.3, 0.4) is 0 Å². The fourth-order valence-electron chi connectivity index (χ4n) is 2.41. The molecule has 0 bridgehead atoms. The van der Waals surface area contributed by atoms with E-state index in [9.17, 15) is 4.79 Å². The van der Waals surface area contributed by atoms with Crippen LogP contribution in [0.1, 0.15) is 11.3 Å². The summed E-state index contributed by atoms with van der Waals surface area (Å²) in [6.45, 7) is 5.28. The fraction of sp³-hybridized carbons (Fsp3) is 0.375. The van der Waals surface area contributed by atoms with Crippen LogP contribution < -0.4 is 4.74 Å². The second-order valence-electron chi connectivity index (χ2n) is 5.62. The summed E-state index contributed by atoms with van der Waals surface area (Å²) in [4.78, 5) is 13.9. The van der Waals surface area contributed by atoms with Crippen molar-refractivity contribution in [3.8, 4) is 5.75 Å². The lowest BCUT2D eigenvalue weighted by Crippen LogP contribution is -2.56. The average Bonchev–Trinajstić information content (AvgIpc) is 2.72. The predicted molar refractivity (Wildman–Crippen MR) is 84.1 cm³/mol. The highest BCUT2D eigenvalue weighted by atomic mass is 35.5. The highest BCUT2D eigenvalue weighted by Gasteiger charge is 2.32. The molecule has 0 N–H and O–H groups in total. The third-order valence-corrected chi connectivity index (χ3v) is 4.05. The van der Waals surface area contributed by atoms with Gasteiger partial charge in [0.05, 0.1) is 23.8 Å². The molecule has 1 saturated heterocycles. The van der Waals surface area contributed by atoms with Crippen molar-refractivity contribution >= 4 is 17.5 Å². The summed E-state index contributed by atoms with van der Waals surface area (Å²) in [7, 11) is 0. The summed E-state index contributed by atoms with van der Waals surface area (Å²) < 4.78 is 7.43. The minimum atomic E-state index is 0.0308. The highest BCUT2D eigenvalue weighted by Crippen LogP contribution is 2.20. The Balaban J connectivity index is 1.49. The number of carbonyl (C=O) groups excluding carboxylic acids is 1. The first-order valence-corrected chi connectivity index (χ1v) is 7.60. The minimum Gasteiger partial charge on any atom is -0.487 e. The number of carbonyl (C=O) groups is 1. The molecular weight excluding hydrogens is 302 g/mol. The van der Waals surface area contributed by atoms with Crippen LogP contribution >= 0.6 is 11.6 Å². The zero-order valence-electron chi connectivity index (χ0n) is 12.6. The standard InChI is InChI=1S/C16H18ClN3O2/c1-11-4-3-5-13(6-11)22-14-7-19(8-14)16(21)10-20-9-15(17)12(2)18-20/h3-6,9,14H,7-8,10H2,1-2H3. The van der Waals surface area contributed by atoms with Crippen LogP contribution in [0.25, 0.3) is 0 Å². The molecule has 0 saturated carbocycles. The van der Waals surface area contributed by atoms with Crippen LogP contribution in [-0.2, 0) is 11.3 Å². The van der Waals surface area contributed by atoms with Crippen molar-refractivity contribution in [2.45, 2.75) is 26.5 Å². The van der Waals surface area contributed by atoms with Crippen molar-refractivity contribution in [2.24, 2.45) is 0 Å². The van der Waals surface area contributed by atoms with E-state index < -0.39 is 0 Å². The fourth-order valence-corrected chi connectivity index (χ4v) is 2.56. The number of aryl methyl sites for hydroxylation is 2. The summed E-state index contributed by atoms with van der Waals surface area (Å²) in [5.41, 5.74) is 1.90. The predicted octanol–water partition coefficient (Wildman–Crippen LogP) is 2.44. The van der Waals surface area contributed by atoms with Gasteiger partial charge >= 0.3 is 0 Å². The van der Waals surface area contributed by atoms with Gasteiger partial charge < -0.3 is 9.64 Å². The second-order valence-corrected chi connectivity index (χ2v) is 6.02. The molecule has 22 heavy (non-hydrogen) atoms. The van der Waals surface area contributed by atoms with Crippen molar-refractivity contribution in [1.29, 1.82) is 0 Å². The first kappa shape index (κ1) is 14.9. The first-order chi connectivity index (χ1) is 10.5. The third kappa shape index (κ3) is 3.25. The number of hydrogen-bond donors (Lipinski definition) is 0. The lowest BCUT2D eigenvalue weighted by molar-refractivity contribution is -0.140. The van der Waals surface area contributed by atoms with E-state index in [2.05, 4.69) is 5.10 Å². The maximum absolute atomic E-state index is 12.1. The van der Waals surface area contributed by atoms with Gasteiger partial charge in [-0.05, 0) is 31.5 Å². The topological polar surface area (TPSA) is 47.4 Å². The summed E-state index contributed by atoms with van der Waals surface area (Å²) in [5, 5.41) is 4.77. The number of likely N-dealkylation sites (tertiary alicyclic amines) is 1. The van der Waals surface area contributed by atoms with E-state index in [-0.39, 0.29) is 18.6 Å². The number of ether oxygens (including phenoxy) is 1. The summed E-state index contributed by atoms with van der Waals surface area (Å²) in [6.07, 6.45) is 1.74. The molecule has 0 aliphatic carbocycles. The SMILES string of the molecule is Cc1cccc(OC2CN(C(=O)Cn3cc(Cl)c(C)n3)C2)c1. The Bertz CT molecular complexity index is 673. The van der Waals surface area contributed by atoms with Gasteiger partial charge in [0.25, 0.3) is 0 Å². The van der Waals surface area contributed by atoms with Gasteiger partial charge in [0.2, 0.25) is 5.91 Å². The van der Waals surface area contributed by atoms with Gasteiger partial charge in [-0.3, -0.25) is 9.48 Å². The molecule has 5 nitrogen and oxygen atoms in total. The van der Waals surface area contributed by atoms with E-state index in [0.717, 1.165) is 17.0 Å². The van der Waals surface area contributed by atoms with Crippen LogP contribution in [0.5, 0.6) is 5.75 Å². The number of nitrogens with zero attached hydrogens (tertiary/aromatic N) is 3. The quantitative estimate of drug-likeness (QED) is 0.869. The van der Waals surface area contributed by atoms with Gasteiger partial charge in [0.1, 0.15) is 18.4 Å². The van der Waals surface area contributed by atoms with E-state index in [0.29, 0.717) is 18.1 Å². The van der Waals surface area contributed by atoms with E-state index in [1.807, 2.05) is 38.1 Å². The number of rotatable bonds is 4. The molecule has 1 aliphatic heterocycles. The van der Waals surface area contributed by atoms with E-state index in [4.69, 9.17) is 16.3 Å². The van der Waals surface area contributed by atoms with Gasteiger partial charge in [0.15, 0.2) is 0 Å². The van der Waals surface area contributed by atoms with E-state index in [1.54, 1.807) is 15.8 Å². The molecule has 2 heterocycles. The molecule has 0 unspecified atom stereocenters. The summed E-state index contributed by atoms with van der Waals surface area (Å²) >= 11 is 5.94. The molecule has 0 radical (unpaired) electrons. The summed E-state index contributed by atoms with van der Waals surface area (Å²) in [6, 6.07) is 7.93. The van der Waals surface area contributed by atoms with Crippen molar-refractivity contribution < 1.29 is 9.53 Å². The third-order valence-electron chi connectivity index (χ3n) is 3.68. The van der Waals surface area contributed by atoms with Crippen LogP contribution in [0, 0.1) is 13.8 Å². The number of amides is 1. The first-order valence-electron chi connectivity index (χ1n) is 7.22. The number of halogens is 1. The van der Waals surface area contributed by atoms with Crippen LogP contribution in [0.2, 0.25) is 5.02 Å². The zero-order chi connectivity index (χ0) is 15.7. The molecule has 0 spiro atoms. The Hall–Kier alpha value is -2.01. The minimum absolute atomic E-state index is 0.0308. The molecule has 1 aromatic carbocycles. The molecule has 3 rings (SSSR count). The van der Waals surface area contributed by atoms with Crippen molar-refractivity contribution in [1.82, 2.24) is 14.7 Å². The Labute approximate surface area is 134 Å². The molecule has 6 heteroatoms. The van der Waals surface area contributed by atoms with E-state index in [1.165, 1.54) is 0 Å². The highest BCUT2D eigenvalue weighted by molar-refractivity contribution is 6.31. The number of aromatic nitrogens is 2. The molecule has 1 amide bonds. The van der Waals surface area contributed by atoms with Gasteiger partial charge in [-0.2, -0.15) is 5.10 Å². The van der Waals surface area contributed by atoms with Gasteiger partial charge in [-0.25, -0.2) is 0 Å². The van der Waals surface area contributed by atoms with Crippen molar-refractivity contribution in [3.63, 3.8) is 0 Å². The Morgan fingerprint density at radius 2 is 2.18 bits per heavy atom. The van der Waals surface area contributed by atoms with Gasteiger partial charge in [-0.1, -0.05) is 23.7 Å². The van der Waals surface area contributed by atoms with Crippen LogP contribution in [0.4, 0.5) is 0 Å². The zero-order valence-corrected chi connectivity index (χ0v) is 13.4. The van der Waals surface area contributed by atoms with Crippen molar-refractivity contribution in [2.75, 3.05) is 13.1 Å². The number of benzene rings is 1. The second kappa shape index (κ2) is 6.01. The number of hydrogen-bond acceptors (Lipinski definition) is 3. The van der Waals surface area contributed by atoms with E-state index >= 15 is 0 Å². The van der Waals surface area contributed by atoms with Crippen LogP contribution in [0.15, 0.2) is 30.5 Å². The maximum atomic E-state index is 12.1. The Morgan fingerprint density at radius 1 is 1.41 bits per heavy atom. The lowest BCUT2D eigenvalue weighted by Gasteiger charge is -2.39. The molecular formula is C16H18ClN3O2. The molecule has 116 valence electrons. The lowest BCUT2D eigenvalue weighted by atomic mass is 10.1. The average molecular weight is 320 g/mol. The monoisotopic (exact) mass is 319 g/mol. The summed E-state index contributed by atoms with van der Waals surface area (Å²) in [5.74, 6) is 0.884. The molecule has 1 aromatic heterocycles. The van der Waals surface area contributed by atoms with Crippen LogP contribution in [-0.4, -0.2) is 39.8 Å². The molecule has 1 aliphatic rings.